The summed E-state index contributed by atoms with van der Waals surface area (Å²) in [4.78, 5) is 14.8. The first-order valence-corrected chi connectivity index (χ1v) is 7.99. The highest BCUT2D eigenvalue weighted by molar-refractivity contribution is 6.20. The van der Waals surface area contributed by atoms with Gasteiger partial charge in [0.2, 0.25) is 5.91 Å². The van der Waals surface area contributed by atoms with Crippen molar-refractivity contribution in [3.8, 4) is 0 Å². The third-order valence-electron chi connectivity index (χ3n) is 4.81. The summed E-state index contributed by atoms with van der Waals surface area (Å²) >= 11 is 6.28. The largest absolute Gasteiger partial charge is 0.336 e. The number of piperidine rings is 1. The van der Waals surface area contributed by atoms with Gasteiger partial charge in [-0.1, -0.05) is 23.8 Å². The number of nitrogens with zero attached hydrogens (tertiary/aromatic N) is 1. The molecule has 0 N–H and O–H groups in total. The fraction of sp³-hybridized carbons (Fsp3) is 0.588. The van der Waals surface area contributed by atoms with Gasteiger partial charge in [0.1, 0.15) is 0 Å². The van der Waals surface area contributed by atoms with Gasteiger partial charge < -0.3 is 4.90 Å². The van der Waals surface area contributed by atoms with E-state index in [0.29, 0.717) is 18.5 Å². The minimum absolute atomic E-state index is 0.261. The van der Waals surface area contributed by atoms with Gasteiger partial charge in [-0.3, -0.25) is 4.79 Å². The number of benzene rings is 1. The summed E-state index contributed by atoms with van der Waals surface area (Å²) in [5.41, 5.74) is 3.60. The molecule has 2 fully saturated rings. The number of halogens is 1. The van der Waals surface area contributed by atoms with E-state index < -0.39 is 0 Å². The molecule has 3 rings (SSSR count). The number of hydrogen-bond donors (Lipinski definition) is 0. The molecular formula is C17H22ClNO. The fourth-order valence-electron chi connectivity index (χ4n) is 3.76. The maximum atomic E-state index is 12.7. The van der Waals surface area contributed by atoms with Crippen molar-refractivity contribution in [2.45, 2.75) is 63.4 Å². The molecule has 20 heavy (non-hydrogen) atoms. The van der Waals surface area contributed by atoms with Crippen LogP contribution in [-0.2, 0) is 11.2 Å². The Balaban J connectivity index is 1.75. The molecule has 0 radical (unpaired) electrons. The Morgan fingerprint density at radius 2 is 1.90 bits per heavy atom. The number of rotatable bonds is 2. The van der Waals surface area contributed by atoms with Crippen molar-refractivity contribution >= 4 is 17.5 Å². The van der Waals surface area contributed by atoms with Crippen molar-refractivity contribution in [2.75, 3.05) is 0 Å². The molecule has 2 saturated heterocycles. The van der Waals surface area contributed by atoms with Gasteiger partial charge in [0.15, 0.2) is 0 Å². The highest BCUT2D eigenvalue weighted by atomic mass is 35.5. The van der Waals surface area contributed by atoms with E-state index >= 15 is 0 Å². The average molecular weight is 292 g/mol. The monoisotopic (exact) mass is 291 g/mol. The van der Waals surface area contributed by atoms with Crippen LogP contribution in [-0.4, -0.2) is 28.3 Å². The van der Waals surface area contributed by atoms with Crippen LogP contribution in [0, 0.1) is 13.8 Å². The summed E-state index contributed by atoms with van der Waals surface area (Å²) in [7, 11) is 0. The van der Waals surface area contributed by atoms with Crippen LogP contribution in [0.25, 0.3) is 0 Å². The Morgan fingerprint density at radius 1 is 1.25 bits per heavy atom. The van der Waals surface area contributed by atoms with Crippen molar-refractivity contribution in [1.82, 2.24) is 4.90 Å². The van der Waals surface area contributed by atoms with Gasteiger partial charge in [0, 0.05) is 17.5 Å². The average Bonchev–Trinajstić information content (AvgIpc) is 2.66. The van der Waals surface area contributed by atoms with Crippen LogP contribution < -0.4 is 0 Å². The number of amides is 1. The Bertz CT molecular complexity index is 514. The summed E-state index contributed by atoms with van der Waals surface area (Å²) < 4.78 is 0. The Hall–Kier alpha value is -1.02. The molecular weight excluding hydrogens is 270 g/mol. The lowest BCUT2D eigenvalue weighted by molar-refractivity contribution is -0.134. The zero-order chi connectivity index (χ0) is 14.3. The van der Waals surface area contributed by atoms with E-state index in [-0.39, 0.29) is 11.3 Å². The molecule has 108 valence electrons. The molecule has 2 atom stereocenters. The van der Waals surface area contributed by atoms with E-state index in [1.54, 1.807) is 0 Å². The van der Waals surface area contributed by atoms with E-state index in [0.717, 1.165) is 25.7 Å². The van der Waals surface area contributed by atoms with Gasteiger partial charge in [0.25, 0.3) is 0 Å². The van der Waals surface area contributed by atoms with Crippen LogP contribution in [0.4, 0.5) is 0 Å². The zero-order valence-corrected chi connectivity index (χ0v) is 13.0. The first-order valence-electron chi connectivity index (χ1n) is 7.56. The Morgan fingerprint density at radius 3 is 2.55 bits per heavy atom. The number of carbonyl (C=O) groups is 1. The summed E-state index contributed by atoms with van der Waals surface area (Å²) in [5.74, 6) is 0.287. The van der Waals surface area contributed by atoms with Crippen molar-refractivity contribution in [1.29, 1.82) is 0 Å². The quantitative estimate of drug-likeness (QED) is 0.762. The molecule has 0 aliphatic carbocycles. The van der Waals surface area contributed by atoms with Crippen LogP contribution in [0.2, 0.25) is 0 Å². The first-order chi connectivity index (χ1) is 9.54. The van der Waals surface area contributed by atoms with Crippen molar-refractivity contribution in [3.05, 3.63) is 34.9 Å². The lowest BCUT2D eigenvalue weighted by Crippen LogP contribution is -2.47. The molecule has 1 aromatic rings. The molecule has 0 aromatic heterocycles. The third kappa shape index (κ3) is 2.58. The molecule has 2 heterocycles. The summed E-state index contributed by atoms with van der Waals surface area (Å²) in [5, 5.41) is 0.261. The number of alkyl halides is 1. The van der Waals surface area contributed by atoms with Crippen LogP contribution >= 0.6 is 11.6 Å². The highest BCUT2D eigenvalue weighted by Crippen LogP contribution is 2.38. The molecule has 2 unspecified atom stereocenters. The molecule has 1 amide bonds. The topological polar surface area (TPSA) is 20.3 Å². The van der Waals surface area contributed by atoms with Gasteiger partial charge in [-0.2, -0.15) is 0 Å². The van der Waals surface area contributed by atoms with Gasteiger partial charge in [-0.25, -0.2) is 0 Å². The van der Waals surface area contributed by atoms with E-state index in [4.69, 9.17) is 11.6 Å². The van der Waals surface area contributed by atoms with E-state index in [1.165, 1.54) is 16.7 Å². The maximum absolute atomic E-state index is 12.7. The number of hydrogen-bond acceptors (Lipinski definition) is 1. The summed E-state index contributed by atoms with van der Waals surface area (Å²) in [6.07, 6.45) is 4.74. The molecule has 2 aliphatic heterocycles. The molecule has 0 saturated carbocycles. The summed E-state index contributed by atoms with van der Waals surface area (Å²) in [6.45, 7) is 4.16. The third-order valence-corrected chi connectivity index (χ3v) is 5.17. The summed E-state index contributed by atoms with van der Waals surface area (Å²) in [6, 6.07) is 7.12. The minimum Gasteiger partial charge on any atom is -0.336 e. The number of aryl methyl sites for hydroxylation is 2. The zero-order valence-electron chi connectivity index (χ0n) is 12.2. The van der Waals surface area contributed by atoms with Crippen LogP contribution in [0.5, 0.6) is 0 Å². The maximum Gasteiger partial charge on any atom is 0.227 e. The van der Waals surface area contributed by atoms with Crippen molar-refractivity contribution in [2.24, 2.45) is 0 Å². The SMILES string of the molecule is Cc1ccc(C)c(CC(=O)N2C3CCC2CC(Cl)C3)c1. The predicted molar refractivity (Wildman–Crippen MR) is 82.2 cm³/mol. The van der Waals surface area contributed by atoms with Gasteiger partial charge >= 0.3 is 0 Å². The van der Waals surface area contributed by atoms with E-state index in [9.17, 15) is 4.79 Å². The Labute approximate surface area is 126 Å². The number of carbonyl (C=O) groups excluding carboxylic acids is 1. The van der Waals surface area contributed by atoms with Gasteiger partial charge in [-0.05, 0) is 50.7 Å². The normalized spacial score (nSPS) is 28.8. The van der Waals surface area contributed by atoms with Gasteiger partial charge in [0.05, 0.1) is 6.42 Å². The lowest BCUT2D eigenvalue weighted by atomic mass is 9.98. The second kappa shape index (κ2) is 5.40. The lowest BCUT2D eigenvalue weighted by Gasteiger charge is -2.37. The van der Waals surface area contributed by atoms with Crippen LogP contribution in [0.1, 0.15) is 42.4 Å². The van der Waals surface area contributed by atoms with Crippen LogP contribution in [0.15, 0.2) is 18.2 Å². The molecule has 2 nitrogen and oxygen atoms in total. The van der Waals surface area contributed by atoms with Crippen molar-refractivity contribution < 1.29 is 4.79 Å². The molecule has 2 aliphatic rings. The van der Waals surface area contributed by atoms with Crippen molar-refractivity contribution in [3.63, 3.8) is 0 Å². The second-order valence-corrected chi connectivity index (χ2v) is 6.98. The first kappa shape index (κ1) is 13.9. The minimum atomic E-state index is 0.261. The smallest absolute Gasteiger partial charge is 0.227 e. The van der Waals surface area contributed by atoms with Crippen LogP contribution in [0.3, 0.4) is 0 Å². The fourth-order valence-corrected chi connectivity index (χ4v) is 4.17. The number of fused-ring (bicyclic) bond motifs is 2. The standard InChI is InChI=1S/C17H22ClNO/c1-11-3-4-12(2)13(7-11)8-17(20)19-15-5-6-16(19)10-14(18)9-15/h3-4,7,14-16H,5-6,8-10H2,1-2H3. The molecule has 2 bridgehead atoms. The van der Waals surface area contributed by atoms with E-state index in [2.05, 4.69) is 36.9 Å². The molecule has 0 spiro atoms. The predicted octanol–water partition coefficient (Wildman–Crippen LogP) is 3.61. The highest BCUT2D eigenvalue weighted by Gasteiger charge is 2.42. The molecule has 1 aromatic carbocycles. The second-order valence-electron chi connectivity index (χ2n) is 6.36. The Kier molecular flexibility index (Phi) is 3.76. The van der Waals surface area contributed by atoms with Gasteiger partial charge in [-0.15, -0.1) is 11.6 Å². The van der Waals surface area contributed by atoms with E-state index in [1.807, 2.05) is 0 Å². The molecule has 3 heteroatoms.